The van der Waals surface area contributed by atoms with Gasteiger partial charge < -0.3 is 5.11 Å². The molecule has 3 aliphatic rings. The van der Waals surface area contributed by atoms with Crippen LogP contribution in [0.3, 0.4) is 0 Å². The summed E-state index contributed by atoms with van der Waals surface area (Å²) in [5.41, 5.74) is 7.26. The number of benzene rings is 2. The summed E-state index contributed by atoms with van der Waals surface area (Å²) in [6.45, 7) is 2.34. The van der Waals surface area contributed by atoms with Crippen molar-refractivity contribution in [1.82, 2.24) is 5.43 Å². The van der Waals surface area contributed by atoms with E-state index in [0.717, 1.165) is 37.8 Å². The molecule has 0 aliphatic heterocycles. The van der Waals surface area contributed by atoms with Crippen molar-refractivity contribution in [1.29, 1.82) is 0 Å². The average molecular weight is 423 g/mol. The van der Waals surface area contributed by atoms with Crippen LogP contribution in [-0.2, 0) is 6.42 Å². The normalized spacial score (nSPS) is 31.0. The monoisotopic (exact) mass is 422 g/mol. The van der Waals surface area contributed by atoms with Crippen molar-refractivity contribution in [3.05, 3.63) is 64.2 Å². The largest absolute Gasteiger partial charge is 0.508 e. The van der Waals surface area contributed by atoms with E-state index < -0.39 is 0 Å². The van der Waals surface area contributed by atoms with Gasteiger partial charge in [-0.2, -0.15) is 5.10 Å². The maximum absolute atomic E-state index is 12.5. The highest BCUT2D eigenvalue weighted by Crippen LogP contribution is 2.59. The van der Waals surface area contributed by atoms with E-state index in [1.165, 1.54) is 17.5 Å². The fraction of sp³-hybridized carbons (Fsp3) is 0.440. The summed E-state index contributed by atoms with van der Waals surface area (Å²) in [7, 11) is 0. The molecule has 156 valence electrons. The Labute approximate surface area is 182 Å². The molecule has 2 aromatic carbocycles. The zero-order chi connectivity index (χ0) is 20.9. The molecule has 0 bridgehead atoms. The van der Waals surface area contributed by atoms with Gasteiger partial charge in [0.25, 0.3) is 5.91 Å². The van der Waals surface area contributed by atoms with Crippen LogP contribution in [0.2, 0.25) is 5.02 Å². The number of nitrogens with zero attached hydrogens (tertiary/aromatic N) is 1. The van der Waals surface area contributed by atoms with Crippen LogP contribution < -0.4 is 5.43 Å². The standard InChI is InChI=1S/C25H27ClN2O2/c1-25-12-11-20-19-8-6-18(29)14-15(19)5-7-21(20)22(25)9-10-23(25)27-28-24(30)16-3-2-4-17(26)13-16/h2-4,6,8,13-14,20-22,29H,5,7,9-12H2,1H3,(H,28,30)/b27-23-/t20-,21-,22-,25+/m1/s1. The molecule has 0 saturated heterocycles. The first-order valence-corrected chi connectivity index (χ1v) is 11.3. The number of carbonyl (C=O) groups is 1. The number of nitrogens with one attached hydrogen (secondary N) is 1. The van der Waals surface area contributed by atoms with Gasteiger partial charge in [-0.1, -0.05) is 30.7 Å². The molecular weight excluding hydrogens is 396 g/mol. The zero-order valence-corrected chi connectivity index (χ0v) is 18.0. The van der Waals surface area contributed by atoms with Gasteiger partial charge in [0.2, 0.25) is 0 Å². The number of hydrogen-bond donors (Lipinski definition) is 2. The van der Waals surface area contributed by atoms with Crippen LogP contribution in [0.15, 0.2) is 47.6 Å². The predicted molar refractivity (Wildman–Crippen MR) is 119 cm³/mol. The van der Waals surface area contributed by atoms with Crippen molar-refractivity contribution in [2.24, 2.45) is 22.4 Å². The molecule has 30 heavy (non-hydrogen) atoms. The van der Waals surface area contributed by atoms with E-state index in [0.29, 0.717) is 34.1 Å². The Balaban J connectivity index is 1.36. The number of phenolic OH excluding ortho intramolecular Hbond substituents is 1. The minimum Gasteiger partial charge on any atom is -0.508 e. The van der Waals surface area contributed by atoms with E-state index in [4.69, 9.17) is 11.6 Å². The highest BCUT2D eigenvalue weighted by Gasteiger charge is 2.53. The molecule has 3 aliphatic carbocycles. The number of hydrazone groups is 1. The fourth-order valence-corrected chi connectivity index (χ4v) is 6.54. The lowest BCUT2D eigenvalue weighted by atomic mass is 9.55. The lowest BCUT2D eigenvalue weighted by Gasteiger charge is -2.49. The van der Waals surface area contributed by atoms with Crippen molar-refractivity contribution in [3.63, 3.8) is 0 Å². The van der Waals surface area contributed by atoms with Crippen LogP contribution in [-0.4, -0.2) is 16.7 Å². The molecule has 2 N–H and O–H groups in total. The van der Waals surface area contributed by atoms with Crippen LogP contribution >= 0.6 is 11.6 Å². The Morgan fingerprint density at radius 1 is 1.17 bits per heavy atom. The smallest absolute Gasteiger partial charge is 0.271 e. The Morgan fingerprint density at radius 2 is 2.03 bits per heavy atom. The second-order valence-corrected chi connectivity index (χ2v) is 9.74. The van der Waals surface area contributed by atoms with E-state index in [2.05, 4.69) is 23.5 Å². The maximum atomic E-state index is 12.5. The van der Waals surface area contributed by atoms with Gasteiger partial charge in [0.05, 0.1) is 0 Å². The highest BCUT2D eigenvalue weighted by atomic mass is 35.5. The minimum absolute atomic E-state index is 0.0528. The molecule has 5 rings (SSSR count). The predicted octanol–water partition coefficient (Wildman–Crippen LogP) is 5.69. The van der Waals surface area contributed by atoms with Crippen molar-refractivity contribution in [3.8, 4) is 5.75 Å². The molecule has 4 atom stereocenters. The number of hydrogen-bond acceptors (Lipinski definition) is 3. The zero-order valence-electron chi connectivity index (χ0n) is 17.2. The number of amides is 1. The van der Waals surface area contributed by atoms with Gasteiger partial charge in [0, 0.05) is 21.7 Å². The van der Waals surface area contributed by atoms with Crippen LogP contribution in [0.25, 0.3) is 0 Å². The maximum Gasteiger partial charge on any atom is 0.271 e. The Bertz CT molecular complexity index is 1030. The number of fused-ring (bicyclic) bond motifs is 5. The third kappa shape index (κ3) is 3.22. The van der Waals surface area contributed by atoms with Gasteiger partial charge in [0.1, 0.15) is 5.75 Å². The molecule has 0 radical (unpaired) electrons. The topological polar surface area (TPSA) is 61.7 Å². The summed E-state index contributed by atoms with van der Waals surface area (Å²) in [6, 6.07) is 12.9. The Kier molecular flexibility index (Phi) is 4.85. The highest BCUT2D eigenvalue weighted by molar-refractivity contribution is 6.30. The molecule has 1 amide bonds. The Hall–Kier alpha value is -2.33. The van der Waals surface area contributed by atoms with Crippen LogP contribution in [0, 0.1) is 17.3 Å². The molecule has 0 unspecified atom stereocenters. The molecular formula is C25H27ClN2O2. The summed E-state index contributed by atoms with van der Waals surface area (Å²) in [6.07, 6.45) is 6.51. The number of aromatic hydroxyl groups is 1. The lowest BCUT2D eigenvalue weighted by molar-refractivity contribution is 0.0930. The van der Waals surface area contributed by atoms with Gasteiger partial charge in [-0.15, -0.1) is 0 Å². The molecule has 0 aromatic heterocycles. The number of carbonyl (C=O) groups excluding carboxylic acids is 1. The summed E-state index contributed by atoms with van der Waals surface area (Å²) < 4.78 is 0. The summed E-state index contributed by atoms with van der Waals surface area (Å²) in [5.74, 6) is 1.99. The average Bonchev–Trinajstić information content (AvgIpc) is 3.08. The summed E-state index contributed by atoms with van der Waals surface area (Å²) >= 11 is 6.01. The van der Waals surface area contributed by atoms with Gasteiger partial charge in [0.15, 0.2) is 0 Å². The third-order valence-corrected chi connectivity index (χ3v) is 8.07. The molecule has 2 saturated carbocycles. The van der Waals surface area contributed by atoms with E-state index in [1.807, 2.05) is 12.1 Å². The van der Waals surface area contributed by atoms with Crippen LogP contribution in [0.5, 0.6) is 5.75 Å². The summed E-state index contributed by atoms with van der Waals surface area (Å²) in [4.78, 5) is 12.5. The van der Waals surface area contributed by atoms with Crippen molar-refractivity contribution in [2.75, 3.05) is 0 Å². The third-order valence-electron chi connectivity index (χ3n) is 7.83. The number of phenols is 1. The first-order valence-electron chi connectivity index (χ1n) is 10.9. The van der Waals surface area contributed by atoms with Gasteiger partial charge >= 0.3 is 0 Å². The van der Waals surface area contributed by atoms with Crippen molar-refractivity contribution >= 4 is 23.2 Å². The molecule has 2 fully saturated rings. The minimum atomic E-state index is -0.211. The molecule has 2 aromatic rings. The first-order chi connectivity index (χ1) is 14.5. The van der Waals surface area contributed by atoms with E-state index >= 15 is 0 Å². The number of halogens is 1. The SMILES string of the molecule is C[C@]12CC[C@@H]3c4ccc(O)cc4CC[C@H]3[C@H]1CC/C2=N/NC(=O)c1cccc(Cl)c1. The van der Waals surface area contributed by atoms with E-state index in [-0.39, 0.29) is 11.3 Å². The van der Waals surface area contributed by atoms with E-state index in [1.54, 1.807) is 24.3 Å². The fourth-order valence-electron chi connectivity index (χ4n) is 6.35. The number of rotatable bonds is 2. The molecule has 4 nitrogen and oxygen atoms in total. The van der Waals surface area contributed by atoms with Gasteiger partial charge in [-0.05, 0) is 97.7 Å². The first kappa shape index (κ1) is 19.6. The quantitative estimate of drug-likeness (QED) is 0.611. The second kappa shape index (κ2) is 7.42. The lowest BCUT2D eigenvalue weighted by Crippen LogP contribution is -2.43. The molecule has 5 heteroatoms. The Morgan fingerprint density at radius 3 is 2.87 bits per heavy atom. The molecule has 0 spiro atoms. The van der Waals surface area contributed by atoms with Crippen LogP contribution in [0.1, 0.15) is 66.4 Å². The molecule has 0 heterocycles. The summed E-state index contributed by atoms with van der Waals surface area (Å²) in [5, 5.41) is 15.0. The number of aryl methyl sites for hydroxylation is 1. The second-order valence-electron chi connectivity index (χ2n) is 9.30. The van der Waals surface area contributed by atoms with Gasteiger partial charge in [-0.3, -0.25) is 4.79 Å². The van der Waals surface area contributed by atoms with Crippen LogP contribution in [0.4, 0.5) is 0 Å². The van der Waals surface area contributed by atoms with E-state index in [9.17, 15) is 9.90 Å². The van der Waals surface area contributed by atoms with Crippen molar-refractivity contribution in [2.45, 2.75) is 51.4 Å². The van der Waals surface area contributed by atoms with Gasteiger partial charge in [-0.25, -0.2) is 5.43 Å². The van der Waals surface area contributed by atoms with Crippen molar-refractivity contribution < 1.29 is 9.90 Å².